The second-order valence-corrected chi connectivity index (χ2v) is 6.02. The number of benzene rings is 1. The maximum absolute atomic E-state index is 12.3. The van der Waals surface area contributed by atoms with Crippen LogP contribution < -0.4 is 5.32 Å². The molecule has 0 unspecified atom stereocenters. The molecule has 4 rings (SSSR count). The zero-order valence-electron chi connectivity index (χ0n) is 14.2. The normalized spacial score (nSPS) is 11.0. The summed E-state index contributed by atoms with van der Waals surface area (Å²) in [7, 11) is 3.64. The van der Waals surface area contributed by atoms with Gasteiger partial charge in [0.05, 0.1) is 22.4 Å². The first kappa shape index (κ1) is 15.8. The molecular weight excluding hydrogens is 332 g/mol. The fourth-order valence-corrected chi connectivity index (χ4v) is 2.86. The van der Waals surface area contributed by atoms with Gasteiger partial charge in [-0.25, -0.2) is 9.97 Å². The lowest BCUT2D eigenvalue weighted by Gasteiger charge is -2.01. The van der Waals surface area contributed by atoms with Crippen LogP contribution in [0.1, 0.15) is 21.0 Å². The molecular formula is C18H16N6O2. The number of hydrogen-bond acceptors (Lipinski definition) is 4. The number of amides is 1. The highest BCUT2D eigenvalue weighted by molar-refractivity contribution is 6.02. The molecule has 0 saturated carbocycles. The molecule has 0 radical (unpaired) electrons. The number of aldehydes is 1. The lowest BCUT2D eigenvalue weighted by atomic mass is 10.2. The molecule has 0 atom stereocenters. The first-order valence-corrected chi connectivity index (χ1v) is 7.95. The summed E-state index contributed by atoms with van der Waals surface area (Å²) in [5.74, 6) is 0.707. The number of nitrogens with zero attached hydrogens (tertiary/aromatic N) is 4. The second kappa shape index (κ2) is 5.99. The summed E-state index contributed by atoms with van der Waals surface area (Å²) < 4.78 is 3.52. The fraction of sp³-hybridized carbons (Fsp3) is 0.111. The minimum absolute atomic E-state index is 0.283. The van der Waals surface area contributed by atoms with Gasteiger partial charge in [-0.1, -0.05) is 0 Å². The summed E-state index contributed by atoms with van der Waals surface area (Å²) in [5.41, 5.74) is 3.59. The van der Waals surface area contributed by atoms with E-state index in [1.807, 2.05) is 17.7 Å². The van der Waals surface area contributed by atoms with Gasteiger partial charge in [-0.2, -0.15) is 0 Å². The lowest BCUT2D eigenvalue weighted by molar-refractivity contribution is 0.101. The number of carbonyl (C=O) groups excluding carboxylic acids is 2. The SMILES string of the molecule is Cn1cc(NC(=O)c2nccn2C)cc1-c1nc2ccc(C=O)cc2[nH]1. The van der Waals surface area contributed by atoms with Crippen LogP contribution in [0, 0.1) is 0 Å². The molecule has 0 saturated heterocycles. The predicted octanol–water partition coefficient (Wildman–Crippen LogP) is 2.37. The van der Waals surface area contributed by atoms with Crippen LogP contribution in [-0.2, 0) is 14.1 Å². The quantitative estimate of drug-likeness (QED) is 0.553. The second-order valence-electron chi connectivity index (χ2n) is 6.02. The fourth-order valence-electron chi connectivity index (χ4n) is 2.86. The van der Waals surface area contributed by atoms with Crippen molar-refractivity contribution in [2.45, 2.75) is 0 Å². The molecule has 1 amide bonds. The van der Waals surface area contributed by atoms with E-state index in [0.717, 1.165) is 23.0 Å². The number of imidazole rings is 2. The van der Waals surface area contributed by atoms with Crippen molar-refractivity contribution in [2.24, 2.45) is 14.1 Å². The van der Waals surface area contributed by atoms with Gasteiger partial charge in [0.2, 0.25) is 0 Å². The van der Waals surface area contributed by atoms with Crippen LogP contribution in [0.25, 0.3) is 22.6 Å². The average Bonchev–Trinajstić information content (AvgIpc) is 3.31. The monoisotopic (exact) mass is 348 g/mol. The van der Waals surface area contributed by atoms with E-state index >= 15 is 0 Å². The van der Waals surface area contributed by atoms with Crippen molar-refractivity contribution in [3.63, 3.8) is 0 Å². The van der Waals surface area contributed by atoms with Crippen molar-refractivity contribution in [1.29, 1.82) is 0 Å². The first-order valence-electron chi connectivity index (χ1n) is 7.95. The first-order chi connectivity index (χ1) is 12.5. The summed E-state index contributed by atoms with van der Waals surface area (Å²) >= 11 is 0. The Morgan fingerprint density at radius 2 is 2.08 bits per heavy atom. The van der Waals surface area contributed by atoms with Gasteiger partial charge in [-0.05, 0) is 24.3 Å². The molecule has 130 valence electrons. The molecule has 3 aromatic heterocycles. The van der Waals surface area contributed by atoms with Gasteiger partial charge < -0.3 is 19.4 Å². The lowest BCUT2D eigenvalue weighted by Crippen LogP contribution is -2.16. The topological polar surface area (TPSA) is 97.6 Å². The van der Waals surface area contributed by atoms with Crippen molar-refractivity contribution >= 4 is 28.9 Å². The van der Waals surface area contributed by atoms with Gasteiger partial charge >= 0.3 is 0 Å². The Bertz CT molecular complexity index is 1130. The molecule has 8 heteroatoms. The molecule has 8 nitrogen and oxygen atoms in total. The Balaban J connectivity index is 1.65. The van der Waals surface area contributed by atoms with Gasteiger partial charge in [0.15, 0.2) is 11.6 Å². The van der Waals surface area contributed by atoms with Crippen molar-refractivity contribution < 1.29 is 9.59 Å². The summed E-state index contributed by atoms with van der Waals surface area (Å²) in [5, 5.41) is 2.84. The van der Waals surface area contributed by atoms with Gasteiger partial charge in [-0.3, -0.25) is 9.59 Å². The molecule has 1 aromatic carbocycles. The highest BCUT2D eigenvalue weighted by atomic mass is 16.2. The summed E-state index contributed by atoms with van der Waals surface area (Å²) in [4.78, 5) is 35.0. The van der Waals surface area contributed by atoms with Crippen molar-refractivity contribution in [3.05, 3.63) is 54.2 Å². The predicted molar refractivity (Wildman–Crippen MR) is 97.0 cm³/mol. The minimum Gasteiger partial charge on any atom is -0.346 e. The Morgan fingerprint density at radius 1 is 1.23 bits per heavy atom. The van der Waals surface area contributed by atoms with Crippen LogP contribution in [0.4, 0.5) is 5.69 Å². The van der Waals surface area contributed by atoms with E-state index in [4.69, 9.17) is 0 Å². The number of H-pyrrole nitrogens is 1. The molecule has 0 spiro atoms. The van der Waals surface area contributed by atoms with Crippen LogP contribution in [-0.4, -0.2) is 36.3 Å². The van der Waals surface area contributed by atoms with E-state index < -0.39 is 0 Å². The third-order valence-corrected chi connectivity index (χ3v) is 4.17. The maximum atomic E-state index is 12.3. The number of hydrogen-bond donors (Lipinski definition) is 2. The highest BCUT2D eigenvalue weighted by Crippen LogP contribution is 2.25. The molecule has 0 aliphatic heterocycles. The molecule has 0 aliphatic rings. The smallest absolute Gasteiger partial charge is 0.291 e. The van der Waals surface area contributed by atoms with Crippen molar-refractivity contribution in [2.75, 3.05) is 5.32 Å². The van der Waals surface area contributed by atoms with E-state index in [1.165, 1.54) is 0 Å². The average molecular weight is 348 g/mol. The number of carbonyl (C=O) groups is 2. The highest BCUT2D eigenvalue weighted by Gasteiger charge is 2.15. The van der Waals surface area contributed by atoms with Gasteiger partial charge in [-0.15, -0.1) is 0 Å². The van der Waals surface area contributed by atoms with Crippen LogP contribution in [0.3, 0.4) is 0 Å². The number of anilines is 1. The molecule has 3 heterocycles. The summed E-state index contributed by atoms with van der Waals surface area (Å²) in [6.07, 6.45) is 5.90. The number of aromatic amines is 1. The number of nitrogens with one attached hydrogen (secondary N) is 2. The van der Waals surface area contributed by atoms with Crippen molar-refractivity contribution in [3.8, 4) is 11.5 Å². The Morgan fingerprint density at radius 3 is 2.81 bits per heavy atom. The summed E-state index contributed by atoms with van der Waals surface area (Å²) in [6.45, 7) is 0. The number of rotatable bonds is 4. The van der Waals surface area contributed by atoms with E-state index in [9.17, 15) is 9.59 Å². The third kappa shape index (κ3) is 2.67. The molecule has 2 N–H and O–H groups in total. The molecule has 4 aromatic rings. The number of fused-ring (bicyclic) bond motifs is 1. The molecule has 0 bridgehead atoms. The zero-order chi connectivity index (χ0) is 18.3. The van der Waals surface area contributed by atoms with E-state index in [-0.39, 0.29) is 5.91 Å². The standard InChI is InChI=1S/C18H16N6O2/c1-23-6-5-19-17(23)18(26)20-12-8-15(24(2)9-12)16-21-13-4-3-11(10-25)7-14(13)22-16/h3-10H,1-2H3,(H,20,26)(H,21,22). The van der Waals surface area contributed by atoms with E-state index in [0.29, 0.717) is 22.9 Å². The van der Waals surface area contributed by atoms with E-state index in [1.54, 1.807) is 48.4 Å². The molecule has 0 aliphatic carbocycles. The molecule has 0 fully saturated rings. The number of aryl methyl sites for hydroxylation is 2. The van der Waals surface area contributed by atoms with Crippen LogP contribution >= 0.6 is 0 Å². The van der Waals surface area contributed by atoms with Gasteiger partial charge in [0.1, 0.15) is 6.29 Å². The van der Waals surface area contributed by atoms with Gasteiger partial charge in [0.25, 0.3) is 5.91 Å². The largest absolute Gasteiger partial charge is 0.346 e. The van der Waals surface area contributed by atoms with Crippen LogP contribution in [0.15, 0.2) is 42.9 Å². The zero-order valence-corrected chi connectivity index (χ0v) is 14.2. The van der Waals surface area contributed by atoms with Crippen molar-refractivity contribution in [1.82, 2.24) is 24.1 Å². The molecule has 26 heavy (non-hydrogen) atoms. The number of aromatic nitrogens is 5. The Kier molecular flexibility index (Phi) is 3.65. The van der Waals surface area contributed by atoms with Crippen LogP contribution in [0.5, 0.6) is 0 Å². The van der Waals surface area contributed by atoms with Gasteiger partial charge in [0, 0.05) is 38.2 Å². The van der Waals surface area contributed by atoms with Crippen LogP contribution in [0.2, 0.25) is 0 Å². The third-order valence-electron chi connectivity index (χ3n) is 4.17. The Labute approximate surface area is 148 Å². The minimum atomic E-state index is -0.283. The Hall–Kier alpha value is -3.68. The summed E-state index contributed by atoms with van der Waals surface area (Å²) in [6, 6.07) is 7.11. The maximum Gasteiger partial charge on any atom is 0.291 e. The van der Waals surface area contributed by atoms with E-state index in [2.05, 4.69) is 20.3 Å².